The summed E-state index contributed by atoms with van der Waals surface area (Å²) < 4.78 is 4.33. The van der Waals surface area contributed by atoms with E-state index in [2.05, 4.69) is 14.2 Å². The SMILES string of the molecule is CC1=C(Cl)C=IC=C1. The van der Waals surface area contributed by atoms with Gasteiger partial charge in [0.25, 0.3) is 0 Å². The van der Waals surface area contributed by atoms with E-state index in [0.717, 1.165) is 5.03 Å². The maximum atomic E-state index is 5.77. The molecule has 0 spiro atoms. The molecule has 2 heteroatoms. The van der Waals surface area contributed by atoms with Crippen molar-refractivity contribution >= 4 is 36.3 Å². The average Bonchev–Trinajstić information content (AvgIpc) is 1.77. The first-order chi connectivity index (χ1) is 3.80. The van der Waals surface area contributed by atoms with Crippen LogP contribution in [0.2, 0.25) is 0 Å². The molecule has 0 atom stereocenters. The van der Waals surface area contributed by atoms with E-state index in [1.165, 1.54) is 5.57 Å². The molecule has 0 fully saturated rings. The van der Waals surface area contributed by atoms with Gasteiger partial charge in [-0.05, 0) is 20.6 Å². The minimum atomic E-state index is 0.152. The highest BCUT2D eigenvalue weighted by Crippen LogP contribution is 2.17. The highest BCUT2D eigenvalue weighted by Gasteiger charge is 1.92. The number of rotatable bonds is 0. The lowest BCUT2D eigenvalue weighted by Crippen LogP contribution is -1.78. The molecular weight excluding hydrogens is 234 g/mol. The van der Waals surface area contributed by atoms with Gasteiger partial charge >= 0.3 is 0 Å². The predicted molar refractivity (Wildman–Crippen MR) is 47.8 cm³/mol. The van der Waals surface area contributed by atoms with E-state index in [1.54, 1.807) is 0 Å². The monoisotopic (exact) mass is 240 g/mol. The lowest BCUT2D eigenvalue weighted by Gasteiger charge is -1.96. The maximum Gasteiger partial charge on any atom is 0.0491 e. The van der Waals surface area contributed by atoms with Crippen molar-refractivity contribution < 1.29 is 0 Å². The van der Waals surface area contributed by atoms with Gasteiger partial charge in [0.2, 0.25) is 0 Å². The van der Waals surface area contributed by atoms with Gasteiger partial charge in [0.1, 0.15) is 0 Å². The average molecular weight is 240 g/mol. The van der Waals surface area contributed by atoms with E-state index in [-0.39, 0.29) is 20.7 Å². The Morgan fingerprint density at radius 1 is 1.62 bits per heavy atom. The van der Waals surface area contributed by atoms with Crippen molar-refractivity contribution in [2.45, 2.75) is 6.92 Å². The van der Waals surface area contributed by atoms with Crippen molar-refractivity contribution in [2.24, 2.45) is 0 Å². The van der Waals surface area contributed by atoms with Gasteiger partial charge in [-0.2, -0.15) is 0 Å². The van der Waals surface area contributed by atoms with Crippen molar-refractivity contribution in [1.82, 2.24) is 0 Å². The van der Waals surface area contributed by atoms with E-state index < -0.39 is 0 Å². The highest BCUT2D eigenvalue weighted by atomic mass is 127. The zero-order chi connectivity index (χ0) is 5.98. The predicted octanol–water partition coefficient (Wildman–Crippen LogP) is 2.80. The minimum Gasteiger partial charge on any atom is -0.0922 e. The van der Waals surface area contributed by atoms with Crippen molar-refractivity contribution in [1.29, 1.82) is 0 Å². The van der Waals surface area contributed by atoms with Crippen LogP contribution in [0, 0.1) is 0 Å². The molecule has 0 bridgehead atoms. The van der Waals surface area contributed by atoms with Gasteiger partial charge in [-0.1, -0.05) is 38.4 Å². The van der Waals surface area contributed by atoms with Gasteiger partial charge in [-0.25, -0.2) is 0 Å². The van der Waals surface area contributed by atoms with E-state index >= 15 is 0 Å². The zero-order valence-corrected chi connectivity index (χ0v) is 7.40. The summed E-state index contributed by atoms with van der Waals surface area (Å²) in [5.74, 6) is 0. The van der Waals surface area contributed by atoms with Crippen LogP contribution in [-0.4, -0.2) is 4.01 Å². The highest BCUT2D eigenvalue weighted by molar-refractivity contribution is 14.2. The van der Waals surface area contributed by atoms with E-state index in [1.807, 2.05) is 6.92 Å². The molecule has 0 amide bonds. The van der Waals surface area contributed by atoms with E-state index in [9.17, 15) is 0 Å². The van der Waals surface area contributed by atoms with Gasteiger partial charge in [0, 0.05) is 5.03 Å². The summed E-state index contributed by atoms with van der Waals surface area (Å²) >= 11 is 5.92. The first kappa shape index (κ1) is 6.49. The first-order valence-corrected chi connectivity index (χ1v) is 5.16. The molecule has 0 radical (unpaired) electrons. The molecule has 1 heterocycles. The molecule has 0 saturated heterocycles. The summed E-state index contributed by atoms with van der Waals surface area (Å²) in [6.45, 7) is 2.03. The molecule has 0 aromatic rings. The quantitative estimate of drug-likeness (QED) is 0.571. The van der Waals surface area contributed by atoms with Crippen LogP contribution in [0.15, 0.2) is 20.8 Å². The normalized spacial score (nSPS) is 18.8. The first-order valence-electron chi connectivity index (χ1n) is 2.29. The third kappa shape index (κ3) is 1.42. The Morgan fingerprint density at radius 2 is 2.38 bits per heavy atom. The summed E-state index contributed by atoms with van der Waals surface area (Å²) in [6.07, 6.45) is 2.09. The molecule has 8 heavy (non-hydrogen) atoms. The number of hydrogen-bond acceptors (Lipinski definition) is 0. The van der Waals surface area contributed by atoms with E-state index in [0.29, 0.717) is 0 Å². The molecule has 0 aromatic heterocycles. The number of allylic oxidation sites excluding steroid dienone is 3. The number of halogens is 2. The van der Waals surface area contributed by atoms with Crippen LogP contribution in [0.4, 0.5) is 0 Å². The fraction of sp³-hybridized carbons (Fsp3) is 0.167. The molecule has 0 unspecified atom stereocenters. The zero-order valence-electron chi connectivity index (χ0n) is 4.49. The summed E-state index contributed by atoms with van der Waals surface area (Å²) in [7, 11) is 0. The van der Waals surface area contributed by atoms with Crippen LogP contribution in [0.3, 0.4) is 0 Å². The van der Waals surface area contributed by atoms with Gasteiger partial charge in [0.15, 0.2) is 0 Å². The molecule has 1 aliphatic heterocycles. The molecule has 0 nitrogen and oxygen atoms in total. The molecule has 1 rings (SSSR count). The molecule has 0 aliphatic carbocycles. The molecule has 0 aromatic carbocycles. The molecular formula is C6H6ClI. The summed E-state index contributed by atoms with van der Waals surface area (Å²) in [5.41, 5.74) is 1.19. The second-order valence-corrected chi connectivity index (χ2v) is 4.03. The Balaban J connectivity index is 2.97. The van der Waals surface area contributed by atoms with Gasteiger partial charge in [-0.3, -0.25) is 0 Å². The van der Waals surface area contributed by atoms with Crippen LogP contribution < -0.4 is 0 Å². The Morgan fingerprint density at radius 3 is 2.75 bits per heavy atom. The minimum absolute atomic E-state index is 0.152. The Hall–Kier alpha value is 0.370. The number of hydrogen-bond donors (Lipinski definition) is 0. The van der Waals surface area contributed by atoms with Crippen LogP contribution >= 0.6 is 32.3 Å². The third-order valence-electron chi connectivity index (χ3n) is 0.921. The van der Waals surface area contributed by atoms with Crippen LogP contribution in [0.5, 0.6) is 0 Å². The van der Waals surface area contributed by atoms with Crippen molar-refractivity contribution in [2.75, 3.05) is 0 Å². The standard InChI is InChI=1S/C6H6ClI/c1-5-2-3-8-4-6(5)7/h2-4H,1H3. The van der Waals surface area contributed by atoms with Gasteiger partial charge < -0.3 is 0 Å². The summed E-state index contributed by atoms with van der Waals surface area (Å²) in [6, 6.07) is 0. The smallest absolute Gasteiger partial charge is 0.0491 e. The summed E-state index contributed by atoms with van der Waals surface area (Å²) in [5, 5.41) is 0.945. The lowest BCUT2D eigenvalue weighted by atomic mass is 10.3. The van der Waals surface area contributed by atoms with Crippen LogP contribution in [0.1, 0.15) is 6.92 Å². The van der Waals surface area contributed by atoms with Crippen LogP contribution in [0.25, 0.3) is 0 Å². The fourth-order valence-electron chi connectivity index (χ4n) is 0.388. The molecule has 44 valence electrons. The molecule has 0 saturated carbocycles. The second-order valence-electron chi connectivity index (χ2n) is 1.56. The topological polar surface area (TPSA) is 0 Å². The van der Waals surface area contributed by atoms with Crippen molar-refractivity contribution in [3.63, 3.8) is 0 Å². The van der Waals surface area contributed by atoms with Gasteiger partial charge in [-0.15, -0.1) is 0 Å². The summed E-state index contributed by atoms with van der Waals surface area (Å²) in [4.78, 5) is 0. The van der Waals surface area contributed by atoms with Crippen LogP contribution in [-0.2, 0) is 0 Å². The fourth-order valence-corrected chi connectivity index (χ4v) is 2.53. The third-order valence-corrected chi connectivity index (χ3v) is 3.45. The van der Waals surface area contributed by atoms with E-state index in [4.69, 9.17) is 11.6 Å². The maximum absolute atomic E-state index is 5.77. The Kier molecular flexibility index (Phi) is 2.26. The Bertz CT molecular complexity index is 157. The van der Waals surface area contributed by atoms with Gasteiger partial charge in [0.05, 0.1) is 0 Å². The second kappa shape index (κ2) is 2.78. The molecule has 1 aliphatic rings. The van der Waals surface area contributed by atoms with Crippen molar-refractivity contribution in [3.8, 4) is 0 Å². The Labute approximate surface area is 64.0 Å². The van der Waals surface area contributed by atoms with Crippen molar-refractivity contribution in [3.05, 3.63) is 20.8 Å². The largest absolute Gasteiger partial charge is 0.0922 e. The lowest BCUT2D eigenvalue weighted by molar-refractivity contribution is 1.54. The molecule has 0 N–H and O–H groups in total.